The molecule has 10 heteroatoms. The average molecular weight is 498 g/mol. The molecule has 1 saturated carbocycles. The predicted molar refractivity (Wildman–Crippen MR) is 132 cm³/mol. The molecule has 2 aromatic carbocycles. The lowest BCUT2D eigenvalue weighted by Crippen LogP contribution is -2.37. The Kier molecular flexibility index (Phi) is 6.38. The molecule has 2 heterocycles. The van der Waals surface area contributed by atoms with E-state index in [4.69, 9.17) is 9.47 Å². The minimum Gasteiger partial charge on any atom is -0.486 e. The lowest BCUT2D eigenvalue weighted by Gasteiger charge is -2.19. The van der Waals surface area contributed by atoms with Crippen LogP contribution in [0, 0.1) is 0 Å². The number of benzene rings is 2. The highest BCUT2D eigenvalue weighted by atomic mass is 32.2. The van der Waals surface area contributed by atoms with Crippen LogP contribution in [-0.2, 0) is 10.0 Å². The first-order valence-corrected chi connectivity index (χ1v) is 13.3. The highest BCUT2D eigenvalue weighted by molar-refractivity contribution is 7.92. The molecule has 1 aliphatic heterocycles. The fourth-order valence-corrected chi connectivity index (χ4v) is 5.62. The summed E-state index contributed by atoms with van der Waals surface area (Å²) in [7, 11) is -4.01. The molecule has 3 aromatic rings. The van der Waals surface area contributed by atoms with Crippen molar-refractivity contribution in [1.29, 1.82) is 0 Å². The van der Waals surface area contributed by atoms with Crippen molar-refractivity contribution in [3.05, 3.63) is 58.4 Å². The van der Waals surface area contributed by atoms with Gasteiger partial charge < -0.3 is 19.8 Å². The van der Waals surface area contributed by atoms with Gasteiger partial charge >= 0.3 is 0 Å². The first-order chi connectivity index (χ1) is 16.9. The molecule has 1 aromatic heterocycles. The van der Waals surface area contributed by atoms with Crippen molar-refractivity contribution in [3.8, 4) is 11.5 Å². The Balaban J connectivity index is 1.41. The summed E-state index contributed by atoms with van der Waals surface area (Å²) >= 11 is 0. The second-order valence-corrected chi connectivity index (χ2v) is 10.5. The number of sulfonamides is 1. The molecule has 0 unspecified atom stereocenters. The van der Waals surface area contributed by atoms with Crippen molar-refractivity contribution in [2.45, 2.75) is 49.5 Å². The lowest BCUT2D eigenvalue weighted by molar-refractivity contribution is 0.0932. The van der Waals surface area contributed by atoms with Crippen molar-refractivity contribution < 1.29 is 22.7 Å². The van der Waals surface area contributed by atoms with Crippen molar-refractivity contribution >= 4 is 32.5 Å². The SMILES string of the molecule is O=C(NC1CCCCCC1)c1c[nH]c2ccc(S(=O)(=O)Nc3ccc4c(c3)OCCO4)cc2c1=O. The summed E-state index contributed by atoms with van der Waals surface area (Å²) in [4.78, 5) is 28.9. The van der Waals surface area contributed by atoms with Crippen molar-refractivity contribution in [1.82, 2.24) is 10.3 Å². The molecule has 0 radical (unpaired) electrons. The van der Waals surface area contributed by atoms with Gasteiger partial charge in [-0.3, -0.25) is 14.3 Å². The van der Waals surface area contributed by atoms with Crippen LogP contribution in [-0.4, -0.2) is 38.6 Å². The number of aromatic amines is 1. The minimum absolute atomic E-state index is 0.0314. The summed E-state index contributed by atoms with van der Waals surface area (Å²) < 4.78 is 39.6. The summed E-state index contributed by atoms with van der Waals surface area (Å²) in [5.41, 5.74) is 0.205. The van der Waals surface area contributed by atoms with Gasteiger partial charge in [0.2, 0.25) is 5.43 Å². The average Bonchev–Trinajstić information content (AvgIpc) is 3.12. The molecule has 0 atom stereocenters. The van der Waals surface area contributed by atoms with E-state index in [-0.39, 0.29) is 21.9 Å². The number of hydrogen-bond acceptors (Lipinski definition) is 6. The van der Waals surface area contributed by atoms with E-state index in [1.165, 1.54) is 24.4 Å². The molecule has 1 aliphatic carbocycles. The molecule has 0 bridgehead atoms. The van der Waals surface area contributed by atoms with E-state index < -0.39 is 21.4 Å². The van der Waals surface area contributed by atoms with Crippen LogP contribution in [0.4, 0.5) is 5.69 Å². The Labute approximate surface area is 202 Å². The van der Waals surface area contributed by atoms with Crippen LogP contribution in [0.15, 0.2) is 52.3 Å². The van der Waals surface area contributed by atoms with Gasteiger partial charge in [-0.2, -0.15) is 0 Å². The summed E-state index contributed by atoms with van der Waals surface area (Å²) in [6.07, 6.45) is 7.59. The zero-order valence-electron chi connectivity index (χ0n) is 19.1. The summed E-state index contributed by atoms with van der Waals surface area (Å²) in [6, 6.07) is 9.02. The molecule has 1 amide bonds. The Morgan fingerprint density at radius 2 is 1.69 bits per heavy atom. The third-order valence-corrected chi connectivity index (χ3v) is 7.77. The fraction of sp³-hybridized carbons (Fsp3) is 0.360. The van der Waals surface area contributed by atoms with Gasteiger partial charge in [0.25, 0.3) is 15.9 Å². The van der Waals surface area contributed by atoms with Crippen LogP contribution in [0.25, 0.3) is 10.9 Å². The van der Waals surface area contributed by atoms with Gasteiger partial charge in [-0.15, -0.1) is 0 Å². The maximum absolute atomic E-state index is 13.2. The maximum atomic E-state index is 13.2. The van der Waals surface area contributed by atoms with E-state index >= 15 is 0 Å². The standard InChI is InChI=1S/C25H27N3O6S/c29-24-19-14-18(35(31,32)28-17-7-10-22-23(13-17)34-12-11-33-22)8-9-21(19)26-15-20(24)25(30)27-16-5-3-1-2-4-6-16/h7-10,13-16,28H,1-6,11-12H2,(H,26,29)(H,27,30). The summed E-state index contributed by atoms with van der Waals surface area (Å²) in [5, 5.41) is 3.10. The van der Waals surface area contributed by atoms with E-state index in [1.54, 1.807) is 18.2 Å². The van der Waals surface area contributed by atoms with Gasteiger partial charge in [-0.25, -0.2) is 8.42 Å². The Bertz CT molecular complexity index is 1420. The number of anilines is 1. The highest BCUT2D eigenvalue weighted by Gasteiger charge is 2.21. The third kappa shape index (κ3) is 4.97. The van der Waals surface area contributed by atoms with Gasteiger partial charge in [-0.05, 0) is 43.2 Å². The van der Waals surface area contributed by atoms with E-state index in [0.717, 1.165) is 38.5 Å². The molecule has 3 N–H and O–H groups in total. The Morgan fingerprint density at radius 1 is 0.943 bits per heavy atom. The van der Waals surface area contributed by atoms with Crippen LogP contribution in [0.3, 0.4) is 0 Å². The lowest BCUT2D eigenvalue weighted by atomic mass is 10.1. The number of hydrogen-bond donors (Lipinski definition) is 3. The summed E-state index contributed by atoms with van der Waals surface area (Å²) in [5.74, 6) is 0.560. The number of H-pyrrole nitrogens is 1. The zero-order chi connectivity index (χ0) is 24.4. The largest absolute Gasteiger partial charge is 0.486 e. The van der Waals surface area contributed by atoms with E-state index in [1.807, 2.05) is 0 Å². The predicted octanol–water partition coefficient (Wildman–Crippen LogP) is 3.55. The normalized spacial score (nSPS) is 16.5. The number of carbonyl (C=O) groups excluding carboxylic acids is 1. The fourth-order valence-electron chi connectivity index (χ4n) is 4.54. The smallest absolute Gasteiger partial charge is 0.261 e. The first kappa shape index (κ1) is 23.2. The molecule has 0 spiro atoms. The molecule has 0 saturated heterocycles. The number of amides is 1. The maximum Gasteiger partial charge on any atom is 0.261 e. The zero-order valence-corrected chi connectivity index (χ0v) is 19.9. The minimum atomic E-state index is -4.01. The van der Waals surface area contributed by atoms with Crippen LogP contribution in [0.1, 0.15) is 48.9 Å². The number of rotatable bonds is 5. The number of carbonyl (C=O) groups is 1. The van der Waals surface area contributed by atoms with Crippen LogP contribution in [0.2, 0.25) is 0 Å². The van der Waals surface area contributed by atoms with Gasteiger partial charge in [0.1, 0.15) is 18.8 Å². The van der Waals surface area contributed by atoms with E-state index in [2.05, 4.69) is 15.0 Å². The van der Waals surface area contributed by atoms with Gasteiger partial charge in [0.15, 0.2) is 11.5 Å². The molecule has 9 nitrogen and oxygen atoms in total. The second kappa shape index (κ2) is 9.61. The molecular weight excluding hydrogens is 470 g/mol. The number of ether oxygens (including phenoxy) is 2. The number of pyridine rings is 1. The Hall–Kier alpha value is -3.53. The van der Waals surface area contributed by atoms with Gasteiger partial charge in [-0.1, -0.05) is 25.7 Å². The van der Waals surface area contributed by atoms with E-state index in [9.17, 15) is 18.0 Å². The monoisotopic (exact) mass is 497 g/mol. The van der Waals surface area contributed by atoms with Crippen LogP contribution >= 0.6 is 0 Å². The van der Waals surface area contributed by atoms with Crippen molar-refractivity contribution in [2.75, 3.05) is 17.9 Å². The first-order valence-electron chi connectivity index (χ1n) is 11.8. The van der Waals surface area contributed by atoms with Gasteiger partial charge in [0, 0.05) is 29.2 Å². The van der Waals surface area contributed by atoms with Crippen LogP contribution in [0.5, 0.6) is 11.5 Å². The van der Waals surface area contributed by atoms with E-state index in [0.29, 0.717) is 35.9 Å². The van der Waals surface area contributed by atoms with Crippen LogP contribution < -0.4 is 24.9 Å². The quantitative estimate of drug-likeness (QED) is 0.463. The molecule has 184 valence electrons. The molecular formula is C25H27N3O6S. The molecule has 35 heavy (non-hydrogen) atoms. The number of aromatic nitrogens is 1. The topological polar surface area (TPSA) is 127 Å². The highest BCUT2D eigenvalue weighted by Crippen LogP contribution is 2.33. The van der Waals surface area contributed by atoms with Crippen molar-refractivity contribution in [2.24, 2.45) is 0 Å². The third-order valence-electron chi connectivity index (χ3n) is 6.39. The van der Waals surface area contributed by atoms with Gasteiger partial charge in [0.05, 0.1) is 10.6 Å². The Morgan fingerprint density at radius 3 is 2.46 bits per heavy atom. The molecule has 5 rings (SSSR count). The number of nitrogens with one attached hydrogen (secondary N) is 3. The molecule has 1 fully saturated rings. The molecule has 2 aliphatic rings. The number of fused-ring (bicyclic) bond motifs is 2. The second-order valence-electron chi connectivity index (χ2n) is 8.86. The summed E-state index contributed by atoms with van der Waals surface area (Å²) in [6.45, 7) is 0.817. The van der Waals surface area contributed by atoms with Crippen molar-refractivity contribution in [3.63, 3.8) is 0 Å².